The predicted molar refractivity (Wildman–Crippen MR) is 111 cm³/mol. The topological polar surface area (TPSA) is 54.1 Å². The van der Waals surface area contributed by atoms with Crippen LogP contribution in [-0.4, -0.2) is 39.8 Å². The first kappa shape index (κ1) is 19.1. The number of benzene rings is 2. The first-order chi connectivity index (χ1) is 14.2. The van der Waals surface area contributed by atoms with Gasteiger partial charge in [-0.15, -0.1) is 11.8 Å². The number of halogens is 1. The lowest BCUT2D eigenvalue weighted by molar-refractivity contribution is 0.404. The summed E-state index contributed by atoms with van der Waals surface area (Å²) in [6.45, 7) is 0. The quantitative estimate of drug-likeness (QED) is 0.435. The molecule has 0 fully saturated rings. The van der Waals surface area contributed by atoms with Crippen molar-refractivity contribution in [2.75, 3.05) is 20.5 Å². The Balaban J connectivity index is 2.11. The van der Waals surface area contributed by atoms with Gasteiger partial charge in [0.25, 0.3) is 0 Å². The van der Waals surface area contributed by atoms with Gasteiger partial charge in [-0.1, -0.05) is 12.1 Å². The molecule has 6 nitrogen and oxygen atoms in total. The molecule has 29 heavy (non-hydrogen) atoms. The molecular weight excluding hydrogens is 391 g/mol. The van der Waals surface area contributed by atoms with Gasteiger partial charge in [-0.3, -0.25) is 0 Å². The zero-order valence-electron chi connectivity index (χ0n) is 16.2. The number of methoxy groups -OCH3 is 2. The van der Waals surface area contributed by atoms with E-state index < -0.39 is 0 Å². The molecular formula is C21H19FN4O2S. The lowest BCUT2D eigenvalue weighted by Gasteiger charge is -2.15. The van der Waals surface area contributed by atoms with Crippen molar-refractivity contribution in [2.45, 2.75) is 5.03 Å². The maximum Gasteiger partial charge on any atom is 0.148 e. The Kier molecular flexibility index (Phi) is 5.26. The lowest BCUT2D eigenvalue weighted by atomic mass is 10.1. The van der Waals surface area contributed by atoms with Crippen LogP contribution in [0.15, 0.2) is 66.2 Å². The monoisotopic (exact) mass is 410 g/mol. The summed E-state index contributed by atoms with van der Waals surface area (Å²) in [4.78, 5) is 4.17. The number of nitrogens with zero attached hydrogens (tertiary/aromatic N) is 4. The van der Waals surface area contributed by atoms with Gasteiger partial charge in [0, 0.05) is 18.0 Å². The second-order valence-corrected chi connectivity index (χ2v) is 6.90. The van der Waals surface area contributed by atoms with Gasteiger partial charge in [-0.05, 0) is 36.6 Å². The summed E-state index contributed by atoms with van der Waals surface area (Å²) in [5, 5.41) is 5.45. The molecule has 0 saturated heterocycles. The molecule has 0 saturated carbocycles. The normalized spacial score (nSPS) is 10.9. The van der Waals surface area contributed by atoms with Gasteiger partial charge in [-0.2, -0.15) is 5.10 Å². The van der Waals surface area contributed by atoms with E-state index in [9.17, 15) is 4.39 Å². The van der Waals surface area contributed by atoms with Gasteiger partial charge in [0.1, 0.15) is 39.4 Å². The minimum Gasteiger partial charge on any atom is -0.497 e. The smallest absolute Gasteiger partial charge is 0.148 e. The third-order valence-corrected chi connectivity index (χ3v) is 5.19. The summed E-state index contributed by atoms with van der Waals surface area (Å²) in [7, 11) is 3.20. The molecule has 0 aliphatic heterocycles. The van der Waals surface area contributed by atoms with Crippen molar-refractivity contribution in [1.29, 1.82) is 0 Å². The molecule has 2 aromatic carbocycles. The molecule has 148 valence electrons. The summed E-state index contributed by atoms with van der Waals surface area (Å²) < 4.78 is 29.3. The number of hydrogen-bond acceptors (Lipinski definition) is 5. The molecule has 0 N–H and O–H groups in total. The lowest BCUT2D eigenvalue weighted by Crippen LogP contribution is -2.04. The number of thioether (sulfide) groups is 1. The third kappa shape index (κ3) is 3.36. The van der Waals surface area contributed by atoms with E-state index in [0.717, 1.165) is 16.3 Å². The molecule has 0 unspecified atom stereocenters. The summed E-state index contributed by atoms with van der Waals surface area (Å²) in [6, 6.07) is 12.0. The van der Waals surface area contributed by atoms with E-state index in [1.165, 1.54) is 17.8 Å². The second-order valence-electron chi connectivity index (χ2n) is 6.11. The van der Waals surface area contributed by atoms with Crippen LogP contribution in [0.25, 0.3) is 22.6 Å². The van der Waals surface area contributed by atoms with Gasteiger partial charge >= 0.3 is 0 Å². The van der Waals surface area contributed by atoms with Crippen LogP contribution >= 0.6 is 11.8 Å². The molecule has 4 aromatic rings. The average molecular weight is 410 g/mol. The highest BCUT2D eigenvalue weighted by Gasteiger charge is 2.25. The van der Waals surface area contributed by atoms with Crippen LogP contribution in [-0.2, 0) is 0 Å². The van der Waals surface area contributed by atoms with Crippen molar-refractivity contribution >= 4 is 11.8 Å². The Morgan fingerprint density at radius 2 is 1.90 bits per heavy atom. The fourth-order valence-corrected chi connectivity index (χ4v) is 3.75. The number of hydrogen-bond donors (Lipinski definition) is 0. The molecule has 2 aromatic heterocycles. The van der Waals surface area contributed by atoms with Crippen molar-refractivity contribution in [3.63, 3.8) is 0 Å². The third-order valence-electron chi connectivity index (χ3n) is 4.53. The predicted octanol–water partition coefficient (Wildman–Crippen LogP) is 4.60. The fourth-order valence-electron chi connectivity index (χ4n) is 3.19. The van der Waals surface area contributed by atoms with Crippen molar-refractivity contribution in [3.8, 4) is 34.1 Å². The Bertz CT molecular complexity index is 1140. The first-order valence-electron chi connectivity index (χ1n) is 8.80. The summed E-state index contributed by atoms with van der Waals surface area (Å²) in [5.41, 5.74) is 2.53. The largest absolute Gasteiger partial charge is 0.497 e. The van der Waals surface area contributed by atoms with E-state index in [4.69, 9.17) is 14.6 Å². The summed E-state index contributed by atoms with van der Waals surface area (Å²) in [6.07, 6.45) is 7.15. The number of ether oxygens (including phenoxy) is 2. The van der Waals surface area contributed by atoms with Crippen molar-refractivity contribution in [2.24, 2.45) is 0 Å². The molecule has 0 aliphatic rings. The average Bonchev–Trinajstić information content (AvgIpc) is 3.41. The van der Waals surface area contributed by atoms with Crippen LogP contribution in [0.5, 0.6) is 11.5 Å². The number of imidazole rings is 1. The molecule has 4 rings (SSSR count). The Morgan fingerprint density at radius 3 is 2.55 bits per heavy atom. The van der Waals surface area contributed by atoms with E-state index in [1.54, 1.807) is 49.6 Å². The van der Waals surface area contributed by atoms with E-state index in [1.807, 2.05) is 35.2 Å². The maximum absolute atomic E-state index is 14.7. The van der Waals surface area contributed by atoms with Gasteiger partial charge in [0.05, 0.1) is 20.5 Å². The second kappa shape index (κ2) is 8.00. The highest BCUT2D eigenvalue weighted by Crippen LogP contribution is 2.41. The summed E-state index contributed by atoms with van der Waals surface area (Å²) >= 11 is 1.47. The standard InChI is InChI=1S/C21H19FN4O2S/c1-27-14-8-9-18(28-2)15(12-14)19-20(25-11-10-23-13-25)21(29-3)24-26(19)17-7-5-4-6-16(17)22/h4-13H,1-3H3. The minimum atomic E-state index is -0.372. The first-order valence-corrected chi connectivity index (χ1v) is 10.0. The van der Waals surface area contributed by atoms with E-state index in [-0.39, 0.29) is 5.82 Å². The molecule has 0 radical (unpaired) electrons. The zero-order chi connectivity index (χ0) is 20.4. The molecule has 0 atom stereocenters. The zero-order valence-corrected chi connectivity index (χ0v) is 17.0. The van der Waals surface area contributed by atoms with E-state index in [2.05, 4.69) is 4.98 Å². The van der Waals surface area contributed by atoms with Crippen LogP contribution in [0.1, 0.15) is 0 Å². The van der Waals surface area contributed by atoms with Gasteiger partial charge in [0.15, 0.2) is 0 Å². The Hall–Kier alpha value is -3.26. The van der Waals surface area contributed by atoms with Crippen molar-refractivity contribution < 1.29 is 13.9 Å². The minimum absolute atomic E-state index is 0.342. The fraction of sp³-hybridized carbons (Fsp3) is 0.143. The molecule has 0 amide bonds. The summed E-state index contributed by atoms with van der Waals surface area (Å²) in [5.74, 6) is 0.907. The Labute approximate surface area is 171 Å². The van der Waals surface area contributed by atoms with Gasteiger partial charge < -0.3 is 14.0 Å². The molecule has 2 heterocycles. The SMILES string of the molecule is COc1ccc(OC)c(-c2c(-n3ccnc3)c(SC)nn2-c2ccccc2F)c1. The Morgan fingerprint density at radius 1 is 1.07 bits per heavy atom. The van der Waals surface area contributed by atoms with Crippen molar-refractivity contribution in [1.82, 2.24) is 19.3 Å². The van der Waals surface area contributed by atoms with E-state index in [0.29, 0.717) is 22.9 Å². The number of aromatic nitrogens is 4. The number of para-hydroxylation sites is 1. The molecule has 0 aliphatic carbocycles. The van der Waals surface area contributed by atoms with E-state index >= 15 is 0 Å². The van der Waals surface area contributed by atoms with Crippen LogP contribution in [0.2, 0.25) is 0 Å². The molecule has 0 spiro atoms. The maximum atomic E-state index is 14.7. The molecule has 8 heteroatoms. The number of rotatable bonds is 6. The highest BCUT2D eigenvalue weighted by molar-refractivity contribution is 7.98. The van der Waals surface area contributed by atoms with Crippen LogP contribution in [0, 0.1) is 5.82 Å². The van der Waals surface area contributed by atoms with Gasteiger partial charge in [-0.25, -0.2) is 14.1 Å². The molecule has 0 bridgehead atoms. The van der Waals surface area contributed by atoms with Crippen LogP contribution in [0.3, 0.4) is 0 Å². The van der Waals surface area contributed by atoms with Crippen LogP contribution < -0.4 is 9.47 Å². The highest BCUT2D eigenvalue weighted by atomic mass is 32.2. The van der Waals surface area contributed by atoms with Gasteiger partial charge in [0.2, 0.25) is 0 Å². The van der Waals surface area contributed by atoms with Crippen molar-refractivity contribution in [3.05, 3.63) is 67.0 Å². The van der Waals surface area contributed by atoms with Crippen LogP contribution in [0.4, 0.5) is 4.39 Å².